The summed E-state index contributed by atoms with van der Waals surface area (Å²) >= 11 is 1.87. The summed E-state index contributed by atoms with van der Waals surface area (Å²) in [5.41, 5.74) is 1.12. The van der Waals surface area contributed by atoms with Crippen molar-refractivity contribution in [3.05, 3.63) is 52.0 Å². The predicted octanol–water partition coefficient (Wildman–Crippen LogP) is 4.20. The maximum atomic E-state index is 12.9. The predicted molar refractivity (Wildman–Crippen MR) is 123 cm³/mol. The van der Waals surface area contributed by atoms with Crippen LogP contribution >= 0.6 is 11.3 Å². The largest absolute Gasteiger partial charge is 0.490 e. The standard InChI is InChI=1S/C19H23N3OS.2C2HF3O2/c1-14-4-5-17(24-14)12-21-11-16-6-8-22(19(23)18(16)13-21)10-15-3-2-7-20-9-15;2*3-2(4,5)1(6)7/h2-5,7,9,16,18H,6,8,10-13H2,1H3;2*(H,6,7)/t16-,18-;;/m0../s1. The minimum atomic E-state index is -5.08. The summed E-state index contributed by atoms with van der Waals surface area (Å²) in [6.07, 6.45) is -5.41. The number of amides is 1. The van der Waals surface area contributed by atoms with E-state index in [-0.39, 0.29) is 5.92 Å². The minimum absolute atomic E-state index is 0.177. The molecular formula is C23H25F6N3O5S. The zero-order valence-electron chi connectivity index (χ0n) is 20.0. The fourth-order valence-electron chi connectivity index (χ4n) is 3.99. The van der Waals surface area contributed by atoms with Crippen molar-refractivity contribution in [3.8, 4) is 0 Å². The van der Waals surface area contributed by atoms with Gasteiger partial charge < -0.3 is 15.1 Å². The molecule has 0 bridgehead atoms. The van der Waals surface area contributed by atoms with Gasteiger partial charge in [-0.15, -0.1) is 11.3 Å². The van der Waals surface area contributed by atoms with Gasteiger partial charge in [0.2, 0.25) is 5.91 Å². The van der Waals surface area contributed by atoms with Crippen LogP contribution in [0.1, 0.15) is 21.7 Å². The van der Waals surface area contributed by atoms with Gasteiger partial charge >= 0.3 is 24.3 Å². The summed E-state index contributed by atoms with van der Waals surface area (Å²) in [5, 5.41) is 14.2. The highest BCUT2D eigenvalue weighted by Gasteiger charge is 2.42. The molecule has 15 heteroatoms. The number of halogens is 6. The van der Waals surface area contributed by atoms with E-state index in [0.29, 0.717) is 18.4 Å². The molecule has 2 N–H and O–H groups in total. The number of hydrogen-bond donors (Lipinski definition) is 2. The van der Waals surface area contributed by atoms with E-state index in [2.05, 4.69) is 28.9 Å². The van der Waals surface area contributed by atoms with Crippen LogP contribution in [-0.2, 0) is 27.5 Å². The number of carbonyl (C=O) groups is 3. The summed E-state index contributed by atoms with van der Waals surface area (Å²) in [6, 6.07) is 8.39. The highest BCUT2D eigenvalue weighted by Crippen LogP contribution is 2.34. The lowest BCUT2D eigenvalue weighted by Gasteiger charge is -2.33. The number of thiophene rings is 1. The molecule has 2 atom stereocenters. The maximum Gasteiger partial charge on any atom is 0.490 e. The topological polar surface area (TPSA) is 111 Å². The Balaban J connectivity index is 0.000000301. The number of carbonyl (C=O) groups excluding carboxylic acids is 1. The third-order valence-corrected chi connectivity index (χ3v) is 6.66. The molecule has 0 saturated carbocycles. The van der Waals surface area contributed by atoms with E-state index in [1.165, 1.54) is 9.75 Å². The smallest absolute Gasteiger partial charge is 0.475 e. The number of hydrogen-bond acceptors (Lipinski definition) is 6. The van der Waals surface area contributed by atoms with E-state index in [1.54, 1.807) is 6.20 Å². The second-order valence-corrected chi connectivity index (χ2v) is 9.96. The van der Waals surface area contributed by atoms with Crippen LogP contribution in [0.15, 0.2) is 36.7 Å². The number of aromatic nitrogens is 1. The second kappa shape index (κ2) is 13.0. The molecule has 4 rings (SSSR count). The van der Waals surface area contributed by atoms with Crippen molar-refractivity contribution in [2.45, 2.75) is 38.8 Å². The Morgan fingerprint density at radius 1 is 1.03 bits per heavy atom. The van der Waals surface area contributed by atoms with Gasteiger partial charge in [0.1, 0.15) is 0 Å². The molecule has 2 aliphatic heterocycles. The molecule has 210 valence electrons. The van der Waals surface area contributed by atoms with Crippen LogP contribution < -0.4 is 0 Å². The van der Waals surface area contributed by atoms with E-state index in [1.807, 2.05) is 34.6 Å². The van der Waals surface area contributed by atoms with Crippen LogP contribution in [-0.4, -0.2) is 74.8 Å². The summed E-state index contributed by atoms with van der Waals surface area (Å²) < 4.78 is 63.5. The first-order chi connectivity index (χ1) is 17.6. The van der Waals surface area contributed by atoms with Gasteiger partial charge in [0, 0.05) is 54.9 Å². The lowest BCUT2D eigenvalue weighted by molar-refractivity contribution is -0.193. The van der Waals surface area contributed by atoms with E-state index >= 15 is 0 Å². The number of pyridine rings is 1. The molecule has 8 nitrogen and oxygen atoms in total. The van der Waals surface area contributed by atoms with Crippen molar-refractivity contribution in [1.29, 1.82) is 0 Å². The number of alkyl halides is 6. The highest BCUT2D eigenvalue weighted by atomic mass is 32.1. The van der Waals surface area contributed by atoms with Crippen LogP contribution in [0.4, 0.5) is 26.3 Å². The van der Waals surface area contributed by atoms with Crippen LogP contribution in [0.3, 0.4) is 0 Å². The van der Waals surface area contributed by atoms with Crippen molar-refractivity contribution in [2.24, 2.45) is 11.8 Å². The molecule has 0 unspecified atom stereocenters. The van der Waals surface area contributed by atoms with E-state index in [4.69, 9.17) is 19.8 Å². The van der Waals surface area contributed by atoms with Crippen LogP contribution in [0.25, 0.3) is 0 Å². The molecule has 0 aromatic carbocycles. The number of likely N-dealkylation sites (tertiary alicyclic amines) is 2. The molecule has 0 aliphatic carbocycles. The van der Waals surface area contributed by atoms with Gasteiger partial charge in [-0.1, -0.05) is 6.07 Å². The summed E-state index contributed by atoms with van der Waals surface area (Å²) in [7, 11) is 0. The normalized spacial score (nSPS) is 19.6. The number of piperidine rings is 1. The first kappa shape index (κ1) is 31.0. The average molecular weight is 570 g/mol. The molecule has 2 aromatic rings. The molecular weight excluding hydrogens is 544 g/mol. The molecule has 2 aromatic heterocycles. The zero-order valence-corrected chi connectivity index (χ0v) is 20.8. The molecule has 2 saturated heterocycles. The Bertz CT molecular complexity index is 1070. The monoisotopic (exact) mass is 569 g/mol. The highest BCUT2D eigenvalue weighted by molar-refractivity contribution is 7.11. The van der Waals surface area contributed by atoms with Crippen LogP contribution in [0, 0.1) is 18.8 Å². The minimum Gasteiger partial charge on any atom is -0.475 e. The van der Waals surface area contributed by atoms with Gasteiger partial charge in [-0.25, -0.2) is 9.59 Å². The number of nitrogens with zero attached hydrogens (tertiary/aromatic N) is 3. The quantitative estimate of drug-likeness (QED) is 0.531. The number of carboxylic acid groups (broad SMARTS) is 2. The van der Waals surface area contributed by atoms with Crippen molar-refractivity contribution in [1.82, 2.24) is 14.8 Å². The van der Waals surface area contributed by atoms with Crippen molar-refractivity contribution < 1.29 is 50.9 Å². The summed E-state index contributed by atoms with van der Waals surface area (Å²) in [6.45, 7) is 6.68. The molecule has 0 spiro atoms. The third-order valence-electron chi connectivity index (χ3n) is 5.67. The Morgan fingerprint density at radius 3 is 2.11 bits per heavy atom. The second-order valence-electron chi connectivity index (χ2n) is 8.59. The Hall–Kier alpha value is -3.20. The Morgan fingerprint density at radius 2 is 1.63 bits per heavy atom. The van der Waals surface area contributed by atoms with Crippen LogP contribution in [0.2, 0.25) is 0 Å². The average Bonchev–Trinajstić information content (AvgIpc) is 3.42. The number of rotatable bonds is 4. The Labute approximate surface area is 217 Å². The van der Waals surface area contributed by atoms with Crippen molar-refractivity contribution >= 4 is 29.2 Å². The van der Waals surface area contributed by atoms with Crippen LogP contribution in [0.5, 0.6) is 0 Å². The molecule has 2 aliphatic rings. The van der Waals surface area contributed by atoms with E-state index < -0.39 is 24.3 Å². The van der Waals surface area contributed by atoms with E-state index in [9.17, 15) is 31.1 Å². The third kappa shape index (κ3) is 9.59. The maximum absolute atomic E-state index is 12.9. The van der Waals surface area contributed by atoms with Gasteiger partial charge in [0.15, 0.2) is 0 Å². The lowest BCUT2D eigenvalue weighted by Crippen LogP contribution is -2.44. The molecule has 0 radical (unpaired) electrons. The van der Waals surface area contributed by atoms with Crippen molar-refractivity contribution in [3.63, 3.8) is 0 Å². The SMILES string of the molecule is Cc1ccc(CN2C[C@@H]3CCN(Cc4cccnc4)C(=O)[C@H]3C2)s1.O=C(O)C(F)(F)F.O=C(O)C(F)(F)F. The van der Waals surface area contributed by atoms with Gasteiger partial charge in [-0.05, 0) is 43.0 Å². The number of aliphatic carboxylic acids is 2. The summed E-state index contributed by atoms with van der Waals surface area (Å²) in [4.78, 5) is 42.1. The molecule has 4 heterocycles. The molecule has 38 heavy (non-hydrogen) atoms. The fourth-order valence-corrected chi connectivity index (χ4v) is 4.92. The lowest BCUT2D eigenvalue weighted by atomic mass is 9.88. The number of carboxylic acids is 2. The number of fused-ring (bicyclic) bond motifs is 1. The first-order valence-electron chi connectivity index (χ1n) is 11.1. The number of aryl methyl sites for hydroxylation is 1. The van der Waals surface area contributed by atoms with Gasteiger partial charge in [0.05, 0.1) is 5.92 Å². The fraction of sp³-hybridized carbons (Fsp3) is 0.478. The zero-order chi connectivity index (χ0) is 28.7. The molecule has 2 fully saturated rings. The first-order valence-corrected chi connectivity index (χ1v) is 11.9. The Kier molecular flexibility index (Phi) is 10.6. The van der Waals surface area contributed by atoms with Gasteiger partial charge in [0.25, 0.3) is 0 Å². The van der Waals surface area contributed by atoms with Crippen molar-refractivity contribution in [2.75, 3.05) is 19.6 Å². The van der Waals surface area contributed by atoms with Gasteiger partial charge in [-0.3, -0.25) is 14.7 Å². The molecule has 1 amide bonds. The summed E-state index contributed by atoms with van der Waals surface area (Å²) in [5.74, 6) is -4.47. The van der Waals surface area contributed by atoms with E-state index in [0.717, 1.165) is 38.2 Å². The van der Waals surface area contributed by atoms with Gasteiger partial charge in [-0.2, -0.15) is 26.3 Å².